The highest BCUT2D eigenvalue weighted by atomic mass is 32.3. The van der Waals surface area contributed by atoms with Crippen molar-refractivity contribution in [1.29, 1.82) is 0 Å². The maximum absolute atomic E-state index is 8.52. The van der Waals surface area contributed by atoms with Gasteiger partial charge in [0.1, 0.15) is 11.4 Å². The van der Waals surface area contributed by atoms with Gasteiger partial charge in [-0.3, -0.25) is 8.42 Å². The molecule has 0 saturated carbocycles. The van der Waals surface area contributed by atoms with Gasteiger partial charge in [-0.2, -0.15) is 0 Å². The molecule has 0 saturated heterocycles. The Morgan fingerprint density at radius 1 is 0.923 bits per heavy atom. The van der Waals surface area contributed by atoms with Gasteiger partial charge in [-0.1, -0.05) is 0 Å². The van der Waals surface area contributed by atoms with Crippen LogP contribution >= 0.6 is 0 Å². The van der Waals surface area contributed by atoms with Crippen molar-refractivity contribution in [3.05, 3.63) is 24.3 Å². The summed E-state index contributed by atoms with van der Waals surface area (Å²) in [6.45, 7) is 0. The Morgan fingerprint density at radius 3 is 1.23 bits per heavy atom. The van der Waals surface area contributed by atoms with Crippen molar-refractivity contribution in [3.63, 3.8) is 0 Å². The highest BCUT2D eigenvalue weighted by molar-refractivity contribution is 7.79. The highest BCUT2D eigenvalue weighted by Gasteiger charge is 1.87. The maximum Gasteiger partial charge on any atom is 0.128 e. The van der Waals surface area contributed by atoms with E-state index < -0.39 is 10.4 Å². The molecule has 7 heteroatoms. The maximum atomic E-state index is 8.52. The molecule has 0 fully saturated rings. The van der Waals surface area contributed by atoms with Crippen LogP contribution in [0.25, 0.3) is 0 Å². The van der Waals surface area contributed by atoms with Crippen molar-refractivity contribution in [2.24, 2.45) is 0 Å². The standard InChI is InChI=1S/C6H8N2.H2O4S/c7-5-1-2-6(8)4-3-5;1-5(2,3)4/h1-4H,7-8H2;(H2,1,2,3,4). The molecular formula is C6H10N2O4S. The zero-order chi connectivity index (χ0) is 10.5. The first-order valence-electron chi connectivity index (χ1n) is 3.20. The summed E-state index contributed by atoms with van der Waals surface area (Å²) in [4.78, 5) is 0. The molecule has 0 aliphatic rings. The number of quaternary nitrogens is 2. The molecule has 74 valence electrons. The van der Waals surface area contributed by atoms with Gasteiger partial charge in [0, 0.05) is 34.7 Å². The summed E-state index contributed by atoms with van der Waals surface area (Å²) in [5.74, 6) is 0. The first kappa shape index (κ1) is 12.0. The Hall–Kier alpha value is -0.990. The van der Waals surface area contributed by atoms with E-state index in [9.17, 15) is 0 Å². The quantitative estimate of drug-likeness (QED) is 0.378. The average Bonchev–Trinajstić information content (AvgIpc) is 1.92. The van der Waals surface area contributed by atoms with Gasteiger partial charge < -0.3 is 20.6 Å². The lowest BCUT2D eigenvalue weighted by molar-refractivity contribution is -0.260. The van der Waals surface area contributed by atoms with Crippen molar-refractivity contribution in [3.8, 4) is 0 Å². The summed E-state index contributed by atoms with van der Waals surface area (Å²) in [6, 6.07) is 7.79. The Kier molecular flexibility index (Phi) is 4.52. The molecule has 0 unspecified atom stereocenters. The first-order valence-corrected chi connectivity index (χ1v) is 4.53. The van der Waals surface area contributed by atoms with Gasteiger partial charge >= 0.3 is 0 Å². The van der Waals surface area contributed by atoms with Crippen molar-refractivity contribution in [1.82, 2.24) is 0 Å². The lowest BCUT2D eigenvalue weighted by atomic mass is 10.3. The zero-order valence-corrected chi connectivity index (χ0v) is 7.58. The van der Waals surface area contributed by atoms with E-state index in [4.69, 9.17) is 17.5 Å². The number of benzene rings is 1. The monoisotopic (exact) mass is 206 g/mol. The molecule has 0 bridgehead atoms. The van der Waals surface area contributed by atoms with Gasteiger partial charge in [0.2, 0.25) is 0 Å². The molecule has 0 aliphatic carbocycles. The van der Waals surface area contributed by atoms with E-state index in [1.54, 1.807) is 0 Å². The van der Waals surface area contributed by atoms with Crippen LogP contribution in [0.2, 0.25) is 0 Å². The summed E-state index contributed by atoms with van der Waals surface area (Å²) < 4.78 is 34.1. The lowest BCUT2D eigenvalue weighted by Crippen LogP contribution is -2.42. The molecule has 0 radical (unpaired) electrons. The Labute approximate surface area is 75.7 Å². The van der Waals surface area contributed by atoms with Crippen LogP contribution in [0.5, 0.6) is 0 Å². The normalized spacial score (nSPS) is 10.2. The summed E-state index contributed by atoms with van der Waals surface area (Å²) in [5.41, 5.74) is 9.55. The van der Waals surface area contributed by atoms with Crippen molar-refractivity contribution in [2.75, 3.05) is 0 Å². The van der Waals surface area contributed by atoms with Gasteiger partial charge in [-0.15, -0.1) is 0 Å². The molecule has 6 nitrogen and oxygen atoms in total. The largest absolute Gasteiger partial charge is 0.759 e. The SMILES string of the molecule is O=S(=O)([O-])[O-].[NH3+]c1ccc([NH3+])cc1. The second kappa shape index (κ2) is 4.90. The smallest absolute Gasteiger partial charge is 0.128 e. The molecule has 0 aliphatic heterocycles. The van der Waals surface area contributed by atoms with Crippen LogP contribution in [0.3, 0.4) is 0 Å². The molecule has 0 atom stereocenters. The molecule has 0 aromatic heterocycles. The van der Waals surface area contributed by atoms with Crippen LogP contribution in [0.4, 0.5) is 11.4 Å². The lowest BCUT2D eigenvalue weighted by Gasteiger charge is -2.06. The molecule has 6 N–H and O–H groups in total. The third-order valence-corrected chi connectivity index (χ3v) is 1.02. The zero-order valence-electron chi connectivity index (χ0n) is 6.76. The minimum Gasteiger partial charge on any atom is -0.759 e. The van der Waals surface area contributed by atoms with E-state index in [1.807, 2.05) is 24.3 Å². The second-order valence-electron chi connectivity index (χ2n) is 2.22. The fourth-order valence-electron chi connectivity index (χ4n) is 0.539. The Morgan fingerprint density at radius 2 is 1.08 bits per heavy atom. The molecule has 0 heterocycles. The fourth-order valence-corrected chi connectivity index (χ4v) is 0.539. The number of hydrogen-bond acceptors (Lipinski definition) is 4. The highest BCUT2D eigenvalue weighted by Crippen LogP contribution is 2.01. The minimum absolute atomic E-state index is 1.04. The van der Waals surface area contributed by atoms with Crippen LogP contribution in [-0.4, -0.2) is 17.5 Å². The van der Waals surface area contributed by atoms with Gasteiger partial charge in [-0.05, 0) is 0 Å². The predicted octanol–water partition coefficient (Wildman–Crippen LogP) is -1.90. The van der Waals surface area contributed by atoms with E-state index in [-0.39, 0.29) is 0 Å². The van der Waals surface area contributed by atoms with Gasteiger partial charge in [0.25, 0.3) is 0 Å². The topological polar surface area (TPSA) is 136 Å². The van der Waals surface area contributed by atoms with Crippen molar-refractivity contribution < 1.29 is 29.0 Å². The fraction of sp³-hybridized carbons (Fsp3) is 0. The van der Waals surface area contributed by atoms with Gasteiger partial charge in [0.05, 0.1) is 0 Å². The van der Waals surface area contributed by atoms with Crippen LogP contribution in [0.15, 0.2) is 24.3 Å². The second-order valence-corrected chi connectivity index (χ2v) is 3.04. The van der Waals surface area contributed by atoms with E-state index >= 15 is 0 Å². The summed E-state index contributed by atoms with van der Waals surface area (Å²) in [5, 5.41) is 0. The third-order valence-electron chi connectivity index (χ3n) is 1.02. The molecule has 1 aromatic rings. The predicted molar refractivity (Wildman–Crippen MR) is 42.0 cm³/mol. The van der Waals surface area contributed by atoms with E-state index in [2.05, 4.69) is 11.5 Å². The van der Waals surface area contributed by atoms with Crippen LogP contribution in [0, 0.1) is 0 Å². The van der Waals surface area contributed by atoms with Crippen LogP contribution in [0.1, 0.15) is 0 Å². The molecule has 0 amide bonds. The van der Waals surface area contributed by atoms with Crippen LogP contribution in [-0.2, 0) is 10.4 Å². The summed E-state index contributed by atoms with van der Waals surface area (Å²) >= 11 is 0. The summed E-state index contributed by atoms with van der Waals surface area (Å²) in [7, 11) is -5.17. The van der Waals surface area contributed by atoms with Crippen molar-refractivity contribution in [2.45, 2.75) is 0 Å². The average molecular weight is 206 g/mol. The number of rotatable bonds is 0. The third kappa shape index (κ3) is 11.0. The van der Waals surface area contributed by atoms with E-state index in [0.717, 1.165) is 11.4 Å². The molecule has 0 spiro atoms. The van der Waals surface area contributed by atoms with E-state index in [1.165, 1.54) is 0 Å². The Bertz CT molecular complexity index is 316. The number of hydrogen-bond donors (Lipinski definition) is 2. The Balaban J connectivity index is 0.000000252. The van der Waals surface area contributed by atoms with Crippen LogP contribution < -0.4 is 11.5 Å². The van der Waals surface area contributed by atoms with Crippen molar-refractivity contribution >= 4 is 21.8 Å². The summed E-state index contributed by atoms with van der Waals surface area (Å²) in [6.07, 6.45) is 0. The first-order chi connectivity index (χ1) is 5.79. The van der Waals surface area contributed by atoms with Gasteiger partial charge in [0.15, 0.2) is 0 Å². The molecule has 13 heavy (non-hydrogen) atoms. The molecule has 1 aromatic carbocycles. The van der Waals surface area contributed by atoms with Gasteiger partial charge in [-0.25, -0.2) is 0 Å². The molecular weight excluding hydrogens is 196 g/mol. The molecule has 1 rings (SSSR count). The van der Waals surface area contributed by atoms with E-state index in [0.29, 0.717) is 0 Å². The minimum atomic E-state index is -5.17.